The minimum absolute atomic E-state index is 0.0989. The first-order valence-electron chi connectivity index (χ1n) is 16.7. The fourth-order valence-corrected chi connectivity index (χ4v) is 5.77. The number of urea groups is 1. The molecule has 0 saturated heterocycles. The molecule has 266 valence electrons. The molecule has 4 atom stereocenters. The van der Waals surface area contributed by atoms with Crippen molar-refractivity contribution in [1.29, 1.82) is 0 Å². The van der Waals surface area contributed by atoms with Gasteiger partial charge >= 0.3 is 12.2 Å². The molecule has 1 aliphatic rings. The van der Waals surface area contributed by atoms with Gasteiger partial charge in [-0.2, -0.15) is 13.2 Å². The first kappa shape index (κ1) is 37.7. The third-order valence-corrected chi connectivity index (χ3v) is 8.57. The first-order valence-corrected chi connectivity index (χ1v) is 16.7. The van der Waals surface area contributed by atoms with Crippen LogP contribution in [0.5, 0.6) is 5.75 Å². The highest BCUT2D eigenvalue weighted by Crippen LogP contribution is 2.31. The third-order valence-electron chi connectivity index (χ3n) is 8.57. The number of fused-ring (bicyclic) bond motifs is 1. The largest absolute Gasteiger partial charge is 0.490 e. The Morgan fingerprint density at radius 1 is 1.02 bits per heavy atom. The molecule has 1 heterocycles. The monoisotopic (exact) mass is 684 g/mol. The van der Waals surface area contributed by atoms with Crippen LogP contribution in [0.3, 0.4) is 0 Å². The number of nitrogens with zero attached hydrogens (tertiary/aromatic N) is 2. The van der Waals surface area contributed by atoms with Crippen LogP contribution in [0, 0.1) is 5.92 Å². The Labute approximate surface area is 286 Å². The van der Waals surface area contributed by atoms with E-state index in [9.17, 15) is 27.9 Å². The second kappa shape index (κ2) is 17.5. The Morgan fingerprint density at radius 3 is 2.37 bits per heavy atom. The van der Waals surface area contributed by atoms with Crippen LogP contribution < -0.4 is 15.4 Å². The lowest BCUT2D eigenvalue weighted by Gasteiger charge is -2.36. The molecule has 3 N–H and O–H groups in total. The van der Waals surface area contributed by atoms with E-state index in [0.717, 1.165) is 50.1 Å². The molecule has 3 aromatic carbocycles. The molecule has 0 bridgehead atoms. The number of likely N-dealkylation sites (N-methyl/N-ethyl adjacent to an activating group) is 1. The maximum Gasteiger partial charge on any atom is 0.416 e. The molecule has 0 aliphatic carbocycles. The number of aliphatic hydroxyl groups excluding tert-OH is 1. The summed E-state index contributed by atoms with van der Waals surface area (Å²) >= 11 is 0. The van der Waals surface area contributed by atoms with Crippen molar-refractivity contribution < 1.29 is 37.3 Å². The van der Waals surface area contributed by atoms with Gasteiger partial charge in [-0.1, -0.05) is 37.3 Å². The Balaban J connectivity index is 1.57. The number of hydrogen-bond acceptors (Lipinski definition) is 6. The summed E-state index contributed by atoms with van der Waals surface area (Å²) in [4.78, 5) is 31.0. The molecule has 3 amide bonds. The number of halogens is 3. The number of alkyl halides is 3. The fraction of sp³-hybridized carbons (Fsp3) is 0.459. The highest BCUT2D eigenvalue weighted by molar-refractivity contribution is 6.02. The van der Waals surface area contributed by atoms with Gasteiger partial charge in [0.15, 0.2) is 0 Å². The number of rotatable bonds is 8. The normalized spacial score (nSPS) is 20.1. The van der Waals surface area contributed by atoms with Crippen molar-refractivity contribution >= 4 is 23.3 Å². The van der Waals surface area contributed by atoms with E-state index >= 15 is 0 Å². The second-order valence-electron chi connectivity index (χ2n) is 12.8. The summed E-state index contributed by atoms with van der Waals surface area (Å²) in [6.45, 7) is 7.74. The number of carbonyl (C=O) groups is 2. The van der Waals surface area contributed by atoms with Gasteiger partial charge in [0.25, 0.3) is 5.91 Å². The van der Waals surface area contributed by atoms with Crippen LogP contribution in [0.1, 0.15) is 61.5 Å². The molecule has 12 heteroatoms. The average molecular weight is 685 g/mol. The molecule has 1 aliphatic heterocycles. The van der Waals surface area contributed by atoms with Crippen molar-refractivity contribution in [2.75, 3.05) is 44.0 Å². The third kappa shape index (κ3) is 11.2. The quantitative estimate of drug-likeness (QED) is 0.231. The molecule has 9 nitrogen and oxygen atoms in total. The summed E-state index contributed by atoms with van der Waals surface area (Å²) in [6, 6.07) is 17.8. The molecule has 0 saturated carbocycles. The summed E-state index contributed by atoms with van der Waals surface area (Å²) in [6.07, 6.45) is -2.45. The van der Waals surface area contributed by atoms with E-state index in [1.54, 1.807) is 24.0 Å². The zero-order valence-corrected chi connectivity index (χ0v) is 28.5. The summed E-state index contributed by atoms with van der Waals surface area (Å²) < 4.78 is 51.5. The number of amides is 3. The van der Waals surface area contributed by atoms with Crippen molar-refractivity contribution in [2.24, 2.45) is 5.92 Å². The summed E-state index contributed by atoms with van der Waals surface area (Å²) in [5.41, 5.74) is 1.02. The van der Waals surface area contributed by atoms with Gasteiger partial charge in [-0.3, -0.25) is 9.69 Å². The van der Waals surface area contributed by atoms with Gasteiger partial charge < -0.3 is 30.1 Å². The summed E-state index contributed by atoms with van der Waals surface area (Å²) in [5, 5.41) is 15.4. The van der Waals surface area contributed by atoms with E-state index in [0.29, 0.717) is 25.4 Å². The molecule has 3 aromatic rings. The maximum atomic E-state index is 14.3. The lowest BCUT2D eigenvalue weighted by molar-refractivity contribution is -0.137. The second-order valence-corrected chi connectivity index (χ2v) is 12.8. The van der Waals surface area contributed by atoms with Gasteiger partial charge in [-0.15, -0.1) is 0 Å². The number of carbonyl (C=O) groups excluding carboxylic acids is 2. The fourth-order valence-electron chi connectivity index (χ4n) is 5.77. The van der Waals surface area contributed by atoms with Crippen LogP contribution in [0.25, 0.3) is 0 Å². The topological polar surface area (TPSA) is 103 Å². The van der Waals surface area contributed by atoms with Crippen molar-refractivity contribution in [3.63, 3.8) is 0 Å². The predicted octanol–water partition coefficient (Wildman–Crippen LogP) is 7.28. The van der Waals surface area contributed by atoms with Gasteiger partial charge in [0, 0.05) is 43.5 Å². The first-order chi connectivity index (χ1) is 23.3. The van der Waals surface area contributed by atoms with E-state index in [-0.39, 0.29) is 47.6 Å². The van der Waals surface area contributed by atoms with Crippen molar-refractivity contribution in [2.45, 2.75) is 71.0 Å². The van der Waals surface area contributed by atoms with Gasteiger partial charge in [-0.05, 0) is 88.2 Å². The molecule has 0 aromatic heterocycles. The molecule has 4 rings (SSSR count). The van der Waals surface area contributed by atoms with E-state index in [2.05, 4.69) is 27.7 Å². The minimum Gasteiger partial charge on any atom is -0.490 e. The van der Waals surface area contributed by atoms with Crippen LogP contribution in [0.15, 0.2) is 72.8 Å². The molecule has 0 radical (unpaired) electrons. The highest BCUT2D eigenvalue weighted by Gasteiger charge is 2.31. The molecule has 0 fully saturated rings. The lowest BCUT2D eigenvalue weighted by Crippen LogP contribution is -2.47. The van der Waals surface area contributed by atoms with E-state index in [1.165, 1.54) is 11.6 Å². The number of nitrogens with one attached hydrogen (secondary N) is 2. The van der Waals surface area contributed by atoms with Crippen LogP contribution in [0.4, 0.5) is 29.3 Å². The molecular weight excluding hydrogens is 637 g/mol. The van der Waals surface area contributed by atoms with Gasteiger partial charge in [0.05, 0.1) is 36.0 Å². The van der Waals surface area contributed by atoms with Crippen molar-refractivity contribution in [1.82, 2.24) is 9.80 Å². The van der Waals surface area contributed by atoms with Crippen LogP contribution in [-0.4, -0.2) is 78.4 Å². The summed E-state index contributed by atoms with van der Waals surface area (Å²) in [5.74, 6) is -0.129. The van der Waals surface area contributed by atoms with Crippen LogP contribution in [0.2, 0.25) is 0 Å². The van der Waals surface area contributed by atoms with E-state index in [1.807, 2.05) is 39.1 Å². The number of hydrogen-bond donors (Lipinski definition) is 3. The lowest BCUT2D eigenvalue weighted by atomic mass is 10.0. The van der Waals surface area contributed by atoms with Gasteiger partial charge in [-0.25, -0.2) is 4.79 Å². The molecule has 0 unspecified atom stereocenters. The number of ether oxygens (including phenoxy) is 2. The van der Waals surface area contributed by atoms with Crippen molar-refractivity contribution in [3.05, 3.63) is 89.5 Å². The van der Waals surface area contributed by atoms with E-state index in [4.69, 9.17) is 9.47 Å². The van der Waals surface area contributed by atoms with E-state index < -0.39 is 23.8 Å². The molecular formula is C37H47F3N4O5. The molecule has 0 spiro atoms. The summed E-state index contributed by atoms with van der Waals surface area (Å²) in [7, 11) is 2.05. The number of aliphatic hydroxyl groups is 1. The SMILES string of the molecule is C[C@@H]1CN([C@H](C)CO)C(=O)c2cc(NC(=O)Nc3ccc(C(F)(F)F)cc3)ccc2O[C@@H](C)CCCCO[C@@H]1CN(C)Cc1ccccc1. The Hall–Kier alpha value is -4.13. The molecule has 49 heavy (non-hydrogen) atoms. The minimum atomic E-state index is -4.49. The Morgan fingerprint density at radius 2 is 1.69 bits per heavy atom. The smallest absolute Gasteiger partial charge is 0.416 e. The maximum absolute atomic E-state index is 14.3. The zero-order chi connectivity index (χ0) is 35.6. The highest BCUT2D eigenvalue weighted by atomic mass is 19.4. The van der Waals surface area contributed by atoms with Gasteiger partial charge in [0.2, 0.25) is 0 Å². The van der Waals surface area contributed by atoms with Crippen LogP contribution >= 0.6 is 0 Å². The average Bonchev–Trinajstić information content (AvgIpc) is 3.06. The van der Waals surface area contributed by atoms with Gasteiger partial charge in [0.1, 0.15) is 5.75 Å². The number of benzene rings is 3. The Kier molecular flexibility index (Phi) is 13.5. The van der Waals surface area contributed by atoms with Crippen LogP contribution in [-0.2, 0) is 17.5 Å². The zero-order valence-electron chi connectivity index (χ0n) is 28.5. The van der Waals surface area contributed by atoms with Crippen molar-refractivity contribution in [3.8, 4) is 5.75 Å². The Bertz CT molecular complexity index is 1510. The predicted molar refractivity (Wildman–Crippen MR) is 184 cm³/mol. The number of anilines is 2. The standard InChI is InChI=1S/C37H47F3N4O5/c1-25-21-44(26(2)24-45)35(46)32-20-31(42-36(47)41-30-15-13-29(14-16-30)37(38,39)40)17-18-33(32)49-27(3)10-8-9-19-48-34(25)23-43(4)22-28-11-6-5-7-12-28/h5-7,11-18,20,25-27,34,45H,8-10,19,21-24H2,1-4H3,(H2,41,42,47)/t25-,26-,27+,34-/m1/s1.